The summed E-state index contributed by atoms with van der Waals surface area (Å²) in [4.78, 5) is 3.91. The number of hydrogen-bond donors (Lipinski definition) is 1. The van der Waals surface area contributed by atoms with Crippen LogP contribution in [0.5, 0.6) is 0 Å². The molecule has 1 rings (SSSR count). The molecule has 0 aromatic rings. The molecule has 1 fully saturated rings. The highest BCUT2D eigenvalue weighted by molar-refractivity contribution is 5.84. The van der Waals surface area contributed by atoms with Crippen molar-refractivity contribution in [3.63, 3.8) is 0 Å². The van der Waals surface area contributed by atoms with E-state index in [-0.39, 0.29) is 13.2 Å². The smallest absolute Gasteiger partial charge is 0.387 e. The van der Waals surface area contributed by atoms with Crippen molar-refractivity contribution in [1.29, 1.82) is 0 Å². The average Bonchev–Trinajstić information content (AvgIpc) is 2.83. The molecule has 14 heavy (non-hydrogen) atoms. The lowest BCUT2D eigenvalue weighted by molar-refractivity contribution is -0.173. The normalized spacial score (nSPS) is 18.6. The number of nitrogens with two attached hydrogens (primary N) is 1. The van der Waals surface area contributed by atoms with Crippen molar-refractivity contribution in [3.8, 4) is 0 Å². The molecule has 0 bridgehead atoms. The van der Waals surface area contributed by atoms with Crippen LogP contribution in [0.2, 0.25) is 0 Å². The van der Waals surface area contributed by atoms with Crippen molar-refractivity contribution in [3.05, 3.63) is 0 Å². The van der Waals surface area contributed by atoms with Crippen molar-refractivity contribution >= 4 is 5.84 Å². The van der Waals surface area contributed by atoms with E-state index in [0.717, 1.165) is 12.8 Å². The summed E-state index contributed by atoms with van der Waals surface area (Å²) in [6.07, 6.45) is -2.18. The molecule has 0 saturated heterocycles. The van der Waals surface area contributed by atoms with Gasteiger partial charge in [0.25, 0.3) is 0 Å². The van der Waals surface area contributed by atoms with Crippen molar-refractivity contribution in [2.24, 2.45) is 16.6 Å². The second kappa shape index (κ2) is 4.63. The largest absolute Gasteiger partial charge is 0.411 e. The first kappa shape index (κ1) is 11.3. The number of rotatable bonds is 5. The molecule has 3 nitrogen and oxygen atoms in total. The molecular formula is C8H13F3N2O. The van der Waals surface area contributed by atoms with Gasteiger partial charge in [-0.3, -0.25) is 4.99 Å². The molecule has 0 atom stereocenters. The Balaban J connectivity index is 2.01. The van der Waals surface area contributed by atoms with E-state index in [4.69, 9.17) is 5.73 Å². The van der Waals surface area contributed by atoms with Crippen LogP contribution in [0.4, 0.5) is 13.2 Å². The minimum Gasteiger partial charge on any atom is -0.387 e. The SMILES string of the molecule is NC(=NCCOCC(F)(F)F)C1CC1. The molecule has 0 heterocycles. The Morgan fingerprint density at radius 1 is 1.43 bits per heavy atom. The third kappa shape index (κ3) is 5.06. The van der Waals surface area contributed by atoms with Crippen molar-refractivity contribution in [2.45, 2.75) is 19.0 Å². The van der Waals surface area contributed by atoms with E-state index in [1.54, 1.807) is 0 Å². The highest BCUT2D eigenvalue weighted by Crippen LogP contribution is 2.28. The fourth-order valence-electron chi connectivity index (χ4n) is 0.935. The number of amidine groups is 1. The highest BCUT2D eigenvalue weighted by Gasteiger charge is 2.27. The Labute approximate surface area is 80.1 Å². The second-order valence-electron chi connectivity index (χ2n) is 3.25. The van der Waals surface area contributed by atoms with Gasteiger partial charge in [-0.05, 0) is 12.8 Å². The van der Waals surface area contributed by atoms with Gasteiger partial charge in [-0.25, -0.2) is 0 Å². The zero-order valence-corrected chi connectivity index (χ0v) is 7.68. The molecular weight excluding hydrogens is 197 g/mol. The molecule has 1 aliphatic carbocycles. The van der Waals surface area contributed by atoms with Gasteiger partial charge in [0, 0.05) is 5.92 Å². The third-order valence-electron chi connectivity index (χ3n) is 1.79. The first-order valence-electron chi connectivity index (χ1n) is 4.43. The van der Waals surface area contributed by atoms with Crippen LogP contribution in [0, 0.1) is 5.92 Å². The molecule has 0 radical (unpaired) electrons. The summed E-state index contributed by atoms with van der Waals surface area (Å²) in [5.41, 5.74) is 5.52. The van der Waals surface area contributed by atoms with E-state index < -0.39 is 12.8 Å². The van der Waals surface area contributed by atoms with Gasteiger partial charge in [0.15, 0.2) is 0 Å². The summed E-state index contributed by atoms with van der Waals surface area (Å²) in [6.45, 7) is -1.04. The quantitative estimate of drug-likeness (QED) is 0.423. The Hall–Kier alpha value is -0.780. The number of aliphatic imine (C=N–C) groups is 1. The summed E-state index contributed by atoms with van der Waals surface area (Å²) in [6, 6.07) is 0. The Morgan fingerprint density at radius 2 is 2.07 bits per heavy atom. The number of halogens is 3. The van der Waals surface area contributed by atoms with Crippen LogP contribution in [0.25, 0.3) is 0 Å². The first-order chi connectivity index (χ1) is 6.49. The average molecular weight is 210 g/mol. The van der Waals surface area contributed by atoms with Gasteiger partial charge in [-0.2, -0.15) is 13.2 Å². The maximum atomic E-state index is 11.6. The van der Waals surface area contributed by atoms with Gasteiger partial charge in [0.05, 0.1) is 19.0 Å². The standard InChI is InChI=1S/C8H13F3N2O/c9-8(10,11)5-14-4-3-13-7(12)6-1-2-6/h6H,1-5H2,(H2,12,13). The number of ether oxygens (including phenoxy) is 1. The van der Waals surface area contributed by atoms with Crippen molar-refractivity contribution < 1.29 is 17.9 Å². The molecule has 6 heteroatoms. The number of nitrogens with zero attached hydrogens (tertiary/aromatic N) is 1. The van der Waals surface area contributed by atoms with Gasteiger partial charge in [0.1, 0.15) is 6.61 Å². The van der Waals surface area contributed by atoms with Crippen LogP contribution < -0.4 is 5.73 Å². The Morgan fingerprint density at radius 3 is 2.57 bits per heavy atom. The van der Waals surface area contributed by atoms with Crippen molar-refractivity contribution in [1.82, 2.24) is 0 Å². The van der Waals surface area contributed by atoms with Gasteiger partial charge in [0.2, 0.25) is 0 Å². The fraction of sp³-hybridized carbons (Fsp3) is 0.875. The zero-order valence-electron chi connectivity index (χ0n) is 7.68. The van der Waals surface area contributed by atoms with E-state index in [9.17, 15) is 13.2 Å². The van der Waals surface area contributed by atoms with E-state index in [1.807, 2.05) is 0 Å². The Kier molecular flexibility index (Phi) is 3.74. The molecule has 1 saturated carbocycles. The second-order valence-corrected chi connectivity index (χ2v) is 3.25. The Bertz CT molecular complexity index is 211. The van der Waals surface area contributed by atoms with E-state index in [0.29, 0.717) is 11.8 Å². The summed E-state index contributed by atoms with van der Waals surface area (Å²) in [7, 11) is 0. The van der Waals surface area contributed by atoms with Crippen LogP contribution >= 0.6 is 0 Å². The van der Waals surface area contributed by atoms with Crippen LogP contribution in [-0.2, 0) is 4.74 Å². The maximum Gasteiger partial charge on any atom is 0.411 e. The zero-order chi connectivity index (χ0) is 10.6. The van der Waals surface area contributed by atoms with Crippen LogP contribution in [0.3, 0.4) is 0 Å². The molecule has 0 aliphatic heterocycles. The highest BCUT2D eigenvalue weighted by atomic mass is 19.4. The van der Waals surface area contributed by atoms with E-state index in [1.165, 1.54) is 0 Å². The van der Waals surface area contributed by atoms with Crippen LogP contribution in [-0.4, -0.2) is 31.8 Å². The predicted molar refractivity (Wildman–Crippen MR) is 46.1 cm³/mol. The van der Waals surface area contributed by atoms with E-state index >= 15 is 0 Å². The fourth-order valence-corrected chi connectivity index (χ4v) is 0.935. The summed E-state index contributed by atoms with van der Waals surface area (Å²) >= 11 is 0. The van der Waals surface area contributed by atoms with Crippen molar-refractivity contribution in [2.75, 3.05) is 19.8 Å². The molecule has 0 spiro atoms. The van der Waals surface area contributed by atoms with Gasteiger partial charge in [-0.1, -0.05) is 0 Å². The lowest BCUT2D eigenvalue weighted by Gasteiger charge is -2.06. The van der Waals surface area contributed by atoms with E-state index in [2.05, 4.69) is 9.73 Å². The van der Waals surface area contributed by atoms with Gasteiger partial charge < -0.3 is 10.5 Å². The molecule has 2 N–H and O–H groups in total. The predicted octanol–water partition coefficient (Wildman–Crippen LogP) is 1.33. The van der Waals surface area contributed by atoms with Gasteiger partial charge in [-0.15, -0.1) is 0 Å². The third-order valence-corrected chi connectivity index (χ3v) is 1.79. The lowest BCUT2D eigenvalue weighted by atomic mass is 10.4. The molecule has 0 unspecified atom stereocenters. The number of alkyl halides is 3. The maximum absolute atomic E-state index is 11.6. The molecule has 82 valence electrons. The van der Waals surface area contributed by atoms with Crippen LogP contribution in [0.1, 0.15) is 12.8 Å². The van der Waals surface area contributed by atoms with Crippen LogP contribution in [0.15, 0.2) is 4.99 Å². The molecule has 1 aliphatic rings. The molecule has 0 aromatic carbocycles. The minimum atomic E-state index is -4.26. The van der Waals surface area contributed by atoms with Gasteiger partial charge >= 0.3 is 6.18 Å². The topological polar surface area (TPSA) is 47.6 Å². The molecule has 0 aromatic heterocycles. The summed E-state index contributed by atoms with van der Waals surface area (Å²) in [5.74, 6) is 0.901. The molecule has 0 amide bonds. The monoisotopic (exact) mass is 210 g/mol. The summed E-state index contributed by atoms with van der Waals surface area (Å²) in [5, 5.41) is 0. The number of hydrogen-bond acceptors (Lipinski definition) is 2. The summed E-state index contributed by atoms with van der Waals surface area (Å²) < 4.78 is 39.1. The lowest BCUT2D eigenvalue weighted by Crippen LogP contribution is -2.19. The minimum absolute atomic E-state index is 0.0348. The first-order valence-corrected chi connectivity index (χ1v) is 4.43.